The minimum absolute atomic E-state index is 0.0396. The second kappa shape index (κ2) is 8.21. The largest absolute Gasteiger partial charge is 0.447 e. The Kier molecular flexibility index (Phi) is 5.94. The molecule has 0 aromatic rings. The lowest BCUT2D eigenvalue weighted by atomic mass is 9.44. The van der Waals surface area contributed by atoms with Crippen LogP contribution in [-0.2, 0) is 23.9 Å². The quantitative estimate of drug-likeness (QED) is 0.432. The highest BCUT2D eigenvalue weighted by molar-refractivity contribution is 7.96. The van der Waals surface area contributed by atoms with Crippen LogP contribution in [0.2, 0.25) is 0 Å². The maximum absolute atomic E-state index is 17.3. The van der Waals surface area contributed by atoms with Gasteiger partial charge in [-0.25, -0.2) is 13.6 Å². The molecule has 0 unspecified atom stereocenters. The first-order chi connectivity index (χ1) is 16.7. The summed E-state index contributed by atoms with van der Waals surface area (Å²) < 4.78 is 44.6. The molecule has 5 rings (SSSR count). The van der Waals surface area contributed by atoms with Crippen LogP contribution < -0.4 is 0 Å². The molecule has 9 heteroatoms. The lowest BCUT2D eigenvalue weighted by molar-refractivity contribution is -0.231. The van der Waals surface area contributed by atoms with Gasteiger partial charge in [-0.15, -0.1) is 12.6 Å². The Labute approximate surface area is 215 Å². The molecule has 1 saturated heterocycles. The molecule has 3 saturated carbocycles. The van der Waals surface area contributed by atoms with Gasteiger partial charge in [0.25, 0.3) is 0 Å². The van der Waals surface area contributed by atoms with Crippen molar-refractivity contribution in [3.63, 3.8) is 0 Å². The van der Waals surface area contributed by atoms with Crippen LogP contribution in [0, 0.1) is 34.5 Å². The number of aliphatic hydroxyl groups excluding tert-OH is 1. The molecule has 0 aromatic carbocycles. The Morgan fingerprint density at radius 3 is 2.53 bits per heavy atom. The van der Waals surface area contributed by atoms with Crippen molar-refractivity contribution >= 4 is 29.5 Å². The fourth-order valence-electron chi connectivity index (χ4n) is 8.45. The van der Waals surface area contributed by atoms with Gasteiger partial charge in [0.15, 0.2) is 23.2 Å². The molecule has 5 aliphatic rings. The van der Waals surface area contributed by atoms with Crippen molar-refractivity contribution in [3.8, 4) is 0 Å². The van der Waals surface area contributed by atoms with Crippen LogP contribution in [-0.4, -0.2) is 58.2 Å². The molecule has 36 heavy (non-hydrogen) atoms. The molecule has 0 bridgehead atoms. The zero-order chi connectivity index (χ0) is 26.4. The number of aliphatic hydroxyl groups is 1. The van der Waals surface area contributed by atoms with E-state index in [1.807, 2.05) is 6.92 Å². The van der Waals surface area contributed by atoms with Crippen LogP contribution in [0.15, 0.2) is 23.8 Å². The van der Waals surface area contributed by atoms with Gasteiger partial charge in [-0.3, -0.25) is 9.59 Å². The molecule has 0 radical (unpaired) electrons. The van der Waals surface area contributed by atoms with E-state index in [0.717, 1.165) is 6.08 Å². The van der Waals surface area contributed by atoms with Crippen LogP contribution >= 0.6 is 12.6 Å². The number of ketones is 1. The van der Waals surface area contributed by atoms with Gasteiger partial charge in [-0.1, -0.05) is 26.8 Å². The molecule has 0 amide bonds. The van der Waals surface area contributed by atoms with Crippen LogP contribution in [0.25, 0.3) is 0 Å². The number of carbonyl (C=O) groups excluding carboxylic acids is 3. The highest BCUT2D eigenvalue weighted by atomic mass is 32.1. The fourth-order valence-corrected chi connectivity index (χ4v) is 8.98. The number of carbonyl (C=O) groups is 3. The zero-order valence-corrected chi connectivity index (χ0v) is 21.9. The van der Waals surface area contributed by atoms with Crippen molar-refractivity contribution in [2.45, 2.75) is 83.0 Å². The molecular weight excluding hydrogens is 490 g/mol. The number of rotatable bonds is 3. The average Bonchev–Trinajstić information content (AvgIpc) is 3.32. The predicted molar refractivity (Wildman–Crippen MR) is 130 cm³/mol. The van der Waals surface area contributed by atoms with E-state index < -0.39 is 75.1 Å². The summed E-state index contributed by atoms with van der Waals surface area (Å²) in [6.07, 6.45) is 0.308. The van der Waals surface area contributed by atoms with Gasteiger partial charge in [-0.2, -0.15) is 0 Å². The minimum atomic E-state index is -2.27. The third-order valence-corrected chi connectivity index (χ3v) is 10.7. The second-order valence-corrected chi connectivity index (χ2v) is 12.4. The number of ether oxygens (including phenoxy) is 2. The SMILES string of the molecule is C[C@@H]1C[C@H]2[C@@H]3C[C@H](F)C4=CC(=O)C=C[C@]4(C)[C@@]3(F)[C@@H](O)C[C@]2(C)[C@@]1(OC(=O)[C@@H]1OCC[C@@H]1C)C(=O)S. The van der Waals surface area contributed by atoms with Gasteiger partial charge >= 0.3 is 5.97 Å². The van der Waals surface area contributed by atoms with E-state index in [4.69, 9.17) is 9.47 Å². The van der Waals surface area contributed by atoms with E-state index in [-0.39, 0.29) is 24.3 Å². The molecular formula is C27H34F2O6S. The summed E-state index contributed by atoms with van der Waals surface area (Å²) in [4.78, 5) is 38.5. The Bertz CT molecular complexity index is 1080. The molecule has 0 aromatic heterocycles. The first-order valence-electron chi connectivity index (χ1n) is 12.8. The lowest BCUT2D eigenvalue weighted by Crippen LogP contribution is -2.70. The van der Waals surface area contributed by atoms with Crippen molar-refractivity contribution in [2.75, 3.05) is 6.61 Å². The smallest absolute Gasteiger partial charge is 0.336 e. The zero-order valence-electron chi connectivity index (χ0n) is 21.0. The van der Waals surface area contributed by atoms with Crippen molar-refractivity contribution in [3.05, 3.63) is 23.8 Å². The van der Waals surface area contributed by atoms with E-state index in [1.165, 1.54) is 19.1 Å². The summed E-state index contributed by atoms with van der Waals surface area (Å²) in [5.41, 5.74) is -6.67. The van der Waals surface area contributed by atoms with Crippen molar-refractivity contribution in [1.82, 2.24) is 0 Å². The predicted octanol–water partition coefficient (Wildman–Crippen LogP) is 3.71. The Morgan fingerprint density at radius 2 is 1.92 bits per heavy atom. The van der Waals surface area contributed by atoms with Crippen LogP contribution in [0.5, 0.6) is 0 Å². The number of halogens is 2. The highest BCUT2D eigenvalue weighted by Gasteiger charge is 2.78. The number of thiol groups is 1. The average molecular weight is 525 g/mol. The monoisotopic (exact) mass is 524 g/mol. The van der Waals surface area contributed by atoms with Gasteiger partial charge < -0.3 is 14.6 Å². The summed E-state index contributed by atoms with van der Waals surface area (Å²) in [6, 6.07) is 0. The van der Waals surface area contributed by atoms with E-state index >= 15 is 8.78 Å². The van der Waals surface area contributed by atoms with Gasteiger partial charge in [0.1, 0.15) is 6.17 Å². The Balaban J connectivity index is 1.59. The standard InChI is InChI=1S/C27H34F2O6S/c1-13-6-8-34-21(13)22(32)35-27(23(33)36)14(2)9-16-17-11-19(28)18-10-15(30)5-7-24(18,3)26(17,29)20(31)12-25(16,27)4/h5,7,10,13-14,16-17,19-21,31H,6,8-9,11-12H2,1-4H3,(H,33,36)/t13-,14+,16-,17-,19-,20-,21+,24-,25-,26-,27-/m0/s1. The normalized spacial score (nSPS) is 51.7. The maximum Gasteiger partial charge on any atom is 0.336 e. The molecule has 1 N–H and O–H groups in total. The minimum Gasteiger partial charge on any atom is -0.447 e. The summed E-state index contributed by atoms with van der Waals surface area (Å²) >= 11 is 4.17. The molecule has 4 aliphatic carbocycles. The number of alkyl halides is 2. The highest BCUT2D eigenvalue weighted by Crippen LogP contribution is 2.71. The number of hydrogen-bond donors (Lipinski definition) is 2. The van der Waals surface area contributed by atoms with Gasteiger partial charge in [-0.05, 0) is 62.2 Å². The van der Waals surface area contributed by atoms with Crippen LogP contribution in [0.1, 0.15) is 53.4 Å². The number of esters is 1. The molecule has 1 aliphatic heterocycles. The number of allylic oxidation sites excluding steroid dienone is 4. The molecule has 4 fully saturated rings. The van der Waals surface area contributed by atoms with Gasteiger partial charge in [0, 0.05) is 29.3 Å². The summed E-state index contributed by atoms with van der Waals surface area (Å²) in [6.45, 7) is 7.30. The van der Waals surface area contributed by atoms with Gasteiger partial charge in [0.05, 0.1) is 6.10 Å². The second-order valence-electron chi connectivity index (χ2n) is 12.0. The summed E-state index contributed by atoms with van der Waals surface area (Å²) in [5, 5.41) is 10.8. The van der Waals surface area contributed by atoms with Crippen molar-refractivity contribution in [1.29, 1.82) is 0 Å². The number of hydrogen-bond acceptors (Lipinski definition) is 6. The molecule has 1 heterocycles. The summed E-state index contributed by atoms with van der Waals surface area (Å²) in [5.74, 6) is -3.25. The van der Waals surface area contributed by atoms with Crippen molar-refractivity contribution < 1.29 is 37.7 Å². The third kappa shape index (κ3) is 3.05. The van der Waals surface area contributed by atoms with Gasteiger partial charge in [0.2, 0.25) is 5.12 Å². The van der Waals surface area contributed by atoms with E-state index in [0.29, 0.717) is 19.4 Å². The molecule has 0 spiro atoms. The Morgan fingerprint density at radius 1 is 1.22 bits per heavy atom. The van der Waals surface area contributed by atoms with E-state index in [2.05, 4.69) is 12.6 Å². The summed E-state index contributed by atoms with van der Waals surface area (Å²) in [7, 11) is 0. The van der Waals surface area contributed by atoms with Crippen molar-refractivity contribution in [2.24, 2.45) is 34.5 Å². The molecule has 198 valence electrons. The molecule has 6 nitrogen and oxygen atoms in total. The Hall–Kier alpha value is -1.58. The first kappa shape index (κ1) is 26.0. The van der Waals surface area contributed by atoms with Crippen LogP contribution in [0.3, 0.4) is 0 Å². The number of fused-ring (bicyclic) bond motifs is 5. The van der Waals surface area contributed by atoms with Crippen LogP contribution in [0.4, 0.5) is 8.78 Å². The van der Waals surface area contributed by atoms with E-state index in [9.17, 15) is 19.5 Å². The topological polar surface area (TPSA) is 89.9 Å². The lowest BCUT2D eigenvalue weighted by Gasteiger charge is -2.63. The third-order valence-electron chi connectivity index (χ3n) is 10.4. The fraction of sp³-hybridized carbons (Fsp3) is 0.741. The first-order valence-corrected chi connectivity index (χ1v) is 13.2. The van der Waals surface area contributed by atoms with E-state index in [1.54, 1.807) is 13.8 Å². The molecule has 11 atom stereocenters. The maximum atomic E-state index is 17.3.